The molecule has 1 unspecified atom stereocenters. The van der Waals surface area contributed by atoms with Crippen molar-refractivity contribution < 1.29 is 4.79 Å². The molecule has 2 rings (SSSR count). The Bertz CT molecular complexity index is 568. The fraction of sp³-hybridized carbons (Fsp3) is 0.600. The van der Waals surface area contributed by atoms with Gasteiger partial charge in [0, 0.05) is 25.2 Å². The zero-order valence-corrected chi connectivity index (χ0v) is 18.3. The predicted octanol–water partition coefficient (Wildman–Crippen LogP) is 3.82. The molecule has 4 N–H and O–H groups in total. The second-order valence-electron chi connectivity index (χ2n) is 7.11. The smallest absolute Gasteiger partial charge is 0.248 e. The largest absolute Gasteiger partial charge is 0.366 e. The van der Waals surface area contributed by atoms with Crippen molar-refractivity contribution in [3.05, 3.63) is 35.4 Å². The average molecular weight is 472 g/mol. The van der Waals surface area contributed by atoms with E-state index < -0.39 is 5.91 Å². The van der Waals surface area contributed by atoms with Gasteiger partial charge in [-0.05, 0) is 43.4 Å². The van der Waals surface area contributed by atoms with Gasteiger partial charge in [0.2, 0.25) is 5.91 Å². The summed E-state index contributed by atoms with van der Waals surface area (Å²) in [6, 6.07) is 7.73. The van der Waals surface area contributed by atoms with Crippen LogP contribution in [0.15, 0.2) is 29.3 Å². The van der Waals surface area contributed by atoms with Gasteiger partial charge in [0.05, 0.1) is 0 Å². The highest BCUT2D eigenvalue weighted by Crippen LogP contribution is 2.27. The van der Waals surface area contributed by atoms with Gasteiger partial charge in [0.1, 0.15) is 0 Å². The van der Waals surface area contributed by atoms with E-state index in [-0.39, 0.29) is 24.0 Å². The summed E-state index contributed by atoms with van der Waals surface area (Å²) in [4.78, 5) is 15.4. The minimum Gasteiger partial charge on any atom is -0.366 e. The Balaban J connectivity index is 0.00000338. The maximum Gasteiger partial charge on any atom is 0.248 e. The van der Waals surface area contributed by atoms with Crippen LogP contribution in [0.4, 0.5) is 0 Å². The van der Waals surface area contributed by atoms with Crippen LogP contribution in [0.25, 0.3) is 0 Å². The number of nitrogens with two attached hydrogens (primary N) is 1. The van der Waals surface area contributed by atoms with E-state index in [4.69, 9.17) is 5.73 Å². The zero-order chi connectivity index (χ0) is 18.1. The Kier molecular flexibility index (Phi) is 10.6. The van der Waals surface area contributed by atoms with Crippen molar-refractivity contribution in [3.8, 4) is 0 Å². The highest BCUT2D eigenvalue weighted by Gasteiger charge is 2.15. The third-order valence-electron chi connectivity index (χ3n) is 5.04. The number of nitrogens with zero attached hydrogens (tertiary/aromatic N) is 1. The summed E-state index contributed by atoms with van der Waals surface area (Å²) in [6.45, 7) is 2.88. The van der Waals surface area contributed by atoms with Gasteiger partial charge in [0.15, 0.2) is 5.96 Å². The van der Waals surface area contributed by atoms with E-state index in [0.717, 1.165) is 17.4 Å². The fourth-order valence-electron chi connectivity index (χ4n) is 3.43. The Hall–Kier alpha value is -1.31. The van der Waals surface area contributed by atoms with Gasteiger partial charge in [-0.15, -0.1) is 24.0 Å². The molecule has 0 heterocycles. The van der Waals surface area contributed by atoms with Crippen molar-refractivity contribution in [1.29, 1.82) is 0 Å². The maximum atomic E-state index is 11.1. The first-order valence-electron chi connectivity index (χ1n) is 9.44. The van der Waals surface area contributed by atoms with Gasteiger partial charge in [-0.3, -0.25) is 9.79 Å². The Morgan fingerprint density at radius 2 is 1.88 bits per heavy atom. The monoisotopic (exact) mass is 472 g/mol. The van der Waals surface area contributed by atoms with E-state index in [1.807, 2.05) is 12.1 Å². The topological polar surface area (TPSA) is 79.5 Å². The number of hydrogen-bond acceptors (Lipinski definition) is 2. The van der Waals surface area contributed by atoms with Crippen molar-refractivity contribution in [2.45, 2.75) is 64.5 Å². The van der Waals surface area contributed by atoms with Gasteiger partial charge in [-0.1, -0.05) is 44.2 Å². The van der Waals surface area contributed by atoms with Crippen LogP contribution in [0.1, 0.15) is 67.8 Å². The molecule has 26 heavy (non-hydrogen) atoms. The first-order valence-corrected chi connectivity index (χ1v) is 9.44. The molecule has 0 aromatic heterocycles. The standard InChI is InChI=1S/C20H32N4O.HI/c1-15(8-9-16-6-4-3-5-7-16)24-20(22-2)23-14-17-10-12-18(13-11-17)19(21)25;/h10-13,15-16H,3-9,14H2,1-2H3,(H2,21,25)(H2,22,23,24);1H. The molecule has 1 aliphatic rings. The van der Waals surface area contributed by atoms with E-state index in [1.54, 1.807) is 19.2 Å². The molecule has 1 amide bonds. The van der Waals surface area contributed by atoms with Gasteiger partial charge < -0.3 is 16.4 Å². The van der Waals surface area contributed by atoms with Crippen LogP contribution in [0.3, 0.4) is 0 Å². The van der Waals surface area contributed by atoms with Crippen molar-refractivity contribution >= 4 is 35.8 Å². The lowest BCUT2D eigenvalue weighted by Gasteiger charge is -2.24. The summed E-state index contributed by atoms with van der Waals surface area (Å²) >= 11 is 0. The van der Waals surface area contributed by atoms with Crippen molar-refractivity contribution in [2.75, 3.05) is 7.05 Å². The average Bonchev–Trinajstić information content (AvgIpc) is 2.64. The molecule has 1 aromatic carbocycles. The lowest BCUT2D eigenvalue weighted by molar-refractivity contribution is 0.100. The zero-order valence-electron chi connectivity index (χ0n) is 16.0. The molecule has 146 valence electrons. The van der Waals surface area contributed by atoms with Gasteiger partial charge in [-0.2, -0.15) is 0 Å². The number of primary amides is 1. The number of benzene rings is 1. The molecule has 1 aliphatic carbocycles. The molecule has 0 spiro atoms. The van der Waals surface area contributed by atoms with Gasteiger partial charge >= 0.3 is 0 Å². The number of amides is 1. The van der Waals surface area contributed by atoms with Crippen LogP contribution in [0, 0.1) is 5.92 Å². The molecule has 1 atom stereocenters. The predicted molar refractivity (Wildman–Crippen MR) is 119 cm³/mol. The fourth-order valence-corrected chi connectivity index (χ4v) is 3.43. The molecular weight excluding hydrogens is 439 g/mol. The van der Waals surface area contributed by atoms with Crippen molar-refractivity contribution in [2.24, 2.45) is 16.6 Å². The third kappa shape index (κ3) is 7.93. The molecule has 5 nitrogen and oxygen atoms in total. The second-order valence-corrected chi connectivity index (χ2v) is 7.11. The number of nitrogens with one attached hydrogen (secondary N) is 2. The molecule has 0 saturated heterocycles. The minimum absolute atomic E-state index is 0. The van der Waals surface area contributed by atoms with Crippen molar-refractivity contribution in [1.82, 2.24) is 10.6 Å². The van der Waals surface area contributed by atoms with E-state index >= 15 is 0 Å². The highest BCUT2D eigenvalue weighted by atomic mass is 127. The summed E-state index contributed by atoms with van der Waals surface area (Å²) < 4.78 is 0. The molecule has 0 bridgehead atoms. The summed E-state index contributed by atoms with van der Waals surface area (Å²) in [6.07, 6.45) is 9.52. The SMILES string of the molecule is CN=C(NCc1ccc(C(N)=O)cc1)NC(C)CCC1CCCCC1.I. The molecule has 1 saturated carbocycles. The Labute approximate surface area is 174 Å². The minimum atomic E-state index is -0.399. The molecule has 6 heteroatoms. The number of aliphatic imine (C=N–C) groups is 1. The van der Waals surface area contributed by atoms with E-state index in [9.17, 15) is 4.79 Å². The molecule has 0 radical (unpaired) electrons. The summed E-state index contributed by atoms with van der Waals surface area (Å²) in [7, 11) is 1.79. The van der Waals surface area contributed by atoms with E-state index in [2.05, 4.69) is 22.5 Å². The Morgan fingerprint density at radius 1 is 1.23 bits per heavy atom. The van der Waals surface area contributed by atoms with Crippen LogP contribution >= 0.6 is 24.0 Å². The number of hydrogen-bond donors (Lipinski definition) is 3. The highest BCUT2D eigenvalue weighted by molar-refractivity contribution is 14.0. The van der Waals surface area contributed by atoms with Crippen LogP contribution in [0.2, 0.25) is 0 Å². The van der Waals surface area contributed by atoms with Crippen LogP contribution in [-0.4, -0.2) is 25.0 Å². The van der Waals surface area contributed by atoms with Crippen LogP contribution in [-0.2, 0) is 6.54 Å². The second kappa shape index (κ2) is 12.1. The summed E-state index contributed by atoms with van der Waals surface area (Å²) in [5.74, 6) is 1.33. The van der Waals surface area contributed by atoms with E-state index in [0.29, 0.717) is 18.2 Å². The lowest BCUT2D eigenvalue weighted by Crippen LogP contribution is -2.42. The van der Waals surface area contributed by atoms with Crippen molar-refractivity contribution in [3.63, 3.8) is 0 Å². The Morgan fingerprint density at radius 3 is 2.46 bits per heavy atom. The summed E-state index contributed by atoms with van der Waals surface area (Å²) in [5, 5.41) is 6.80. The molecular formula is C20H33IN4O. The summed E-state index contributed by atoms with van der Waals surface area (Å²) in [5.41, 5.74) is 6.88. The normalized spacial score (nSPS) is 16.5. The van der Waals surface area contributed by atoms with Crippen LogP contribution < -0.4 is 16.4 Å². The lowest BCUT2D eigenvalue weighted by atomic mass is 9.85. The van der Waals surface area contributed by atoms with E-state index in [1.165, 1.54) is 44.9 Å². The quantitative estimate of drug-likeness (QED) is 0.321. The molecule has 1 aromatic rings. The molecule has 1 fully saturated rings. The van der Waals surface area contributed by atoms with Gasteiger partial charge in [-0.25, -0.2) is 0 Å². The number of halogens is 1. The first kappa shape index (κ1) is 22.7. The maximum absolute atomic E-state index is 11.1. The molecule has 0 aliphatic heterocycles. The number of carbonyl (C=O) groups is 1. The first-order chi connectivity index (χ1) is 12.1. The number of rotatable bonds is 7. The number of carbonyl (C=O) groups excluding carboxylic acids is 1. The van der Waals surface area contributed by atoms with Crippen LogP contribution in [0.5, 0.6) is 0 Å². The third-order valence-corrected chi connectivity index (χ3v) is 5.04. The van der Waals surface area contributed by atoms with Gasteiger partial charge in [0.25, 0.3) is 0 Å². The number of guanidine groups is 1.